The van der Waals surface area contributed by atoms with E-state index < -0.39 is 0 Å². The van der Waals surface area contributed by atoms with Gasteiger partial charge in [0.2, 0.25) is 0 Å². The number of nitriles is 1. The molecule has 1 aromatic carbocycles. The second-order valence-electron chi connectivity index (χ2n) is 2.87. The van der Waals surface area contributed by atoms with E-state index in [1.165, 1.54) is 0 Å². The molecule has 0 unspecified atom stereocenters. The molecule has 0 saturated carbocycles. The number of nitrogens with zero attached hydrogens (tertiary/aromatic N) is 1. The molecule has 13 heavy (non-hydrogen) atoms. The smallest absolute Gasteiger partial charge is 0.0669 e. The molecule has 68 valence electrons. The maximum atomic E-state index is 8.82. The van der Waals surface area contributed by atoms with Crippen LogP contribution in [0.5, 0.6) is 0 Å². The Hall–Kier alpha value is -1.37. The van der Waals surface area contributed by atoms with E-state index in [0.29, 0.717) is 6.42 Å². The van der Waals surface area contributed by atoms with E-state index in [9.17, 15) is 0 Å². The van der Waals surface area contributed by atoms with E-state index in [4.69, 9.17) is 16.1 Å². The lowest BCUT2D eigenvalue weighted by molar-refractivity contribution is 0.268. The van der Waals surface area contributed by atoms with Crippen molar-refractivity contribution in [1.82, 2.24) is 0 Å². The van der Waals surface area contributed by atoms with Crippen molar-refractivity contribution in [3.05, 3.63) is 35.4 Å². The third-order valence-corrected chi connectivity index (χ3v) is 1.86. The van der Waals surface area contributed by atoms with Crippen LogP contribution in [0, 0.1) is 11.3 Å². The second-order valence-corrected chi connectivity index (χ2v) is 2.87. The average molecular weight is 176 g/mol. The molecule has 3 nitrogen and oxygen atoms in total. The van der Waals surface area contributed by atoms with Crippen molar-refractivity contribution in [2.24, 2.45) is 5.73 Å². The van der Waals surface area contributed by atoms with Gasteiger partial charge in [-0.15, -0.1) is 0 Å². The Morgan fingerprint density at radius 2 is 2.31 bits per heavy atom. The molecule has 0 aromatic heterocycles. The summed E-state index contributed by atoms with van der Waals surface area (Å²) >= 11 is 0. The van der Waals surface area contributed by atoms with Crippen LogP contribution in [0.4, 0.5) is 0 Å². The zero-order valence-electron chi connectivity index (χ0n) is 7.27. The molecule has 0 spiro atoms. The Bertz CT molecular complexity index is 317. The first-order chi connectivity index (χ1) is 6.27. The number of rotatable bonds is 3. The number of aliphatic hydroxyl groups excluding tert-OH is 1. The lowest BCUT2D eigenvalue weighted by atomic mass is 10.0. The van der Waals surface area contributed by atoms with Gasteiger partial charge in [0.25, 0.3) is 0 Å². The third-order valence-electron chi connectivity index (χ3n) is 1.86. The van der Waals surface area contributed by atoms with Crippen molar-refractivity contribution in [1.29, 1.82) is 5.26 Å². The Kier molecular flexibility index (Phi) is 3.44. The molecule has 0 heterocycles. The summed E-state index contributed by atoms with van der Waals surface area (Å²) in [7, 11) is 0. The summed E-state index contributed by atoms with van der Waals surface area (Å²) in [5.41, 5.74) is 7.43. The van der Waals surface area contributed by atoms with Gasteiger partial charge in [-0.25, -0.2) is 0 Å². The van der Waals surface area contributed by atoms with Crippen LogP contribution >= 0.6 is 0 Å². The summed E-state index contributed by atoms with van der Waals surface area (Å²) < 4.78 is 0. The monoisotopic (exact) mass is 176 g/mol. The fraction of sp³-hybridized carbons (Fsp3) is 0.300. The number of benzene rings is 1. The molecule has 0 radical (unpaired) electrons. The molecular weight excluding hydrogens is 164 g/mol. The van der Waals surface area contributed by atoms with Gasteiger partial charge in [0.15, 0.2) is 0 Å². The number of nitrogens with two attached hydrogens (primary N) is 1. The van der Waals surface area contributed by atoms with Crippen LogP contribution < -0.4 is 5.73 Å². The van der Waals surface area contributed by atoms with E-state index >= 15 is 0 Å². The highest BCUT2D eigenvalue weighted by molar-refractivity contribution is 5.27. The number of aliphatic hydroxyl groups is 1. The van der Waals surface area contributed by atoms with Crippen molar-refractivity contribution in [2.75, 3.05) is 6.61 Å². The van der Waals surface area contributed by atoms with Gasteiger partial charge in [0, 0.05) is 0 Å². The van der Waals surface area contributed by atoms with E-state index in [0.717, 1.165) is 11.1 Å². The summed E-state index contributed by atoms with van der Waals surface area (Å²) in [4.78, 5) is 0. The number of hydrogen-bond donors (Lipinski definition) is 2. The van der Waals surface area contributed by atoms with Gasteiger partial charge in [-0.3, -0.25) is 0 Å². The minimum absolute atomic E-state index is 0.0734. The Balaban J connectivity index is 2.86. The average Bonchev–Trinajstić information content (AvgIpc) is 2.18. The predicted molar refractivity (Wildman–Crippen MR) is 49.8 cm³/mol. The molecule has 0 saturated heterocycles. The van der Waals surface area contributed by atoms with Crippen molar-refractivity contribution in [2.45, 2.75) is 12.5 Å². The van der Waals surface area contributed by atoms with Crippen LogP contribution in [0.3, 0.4) is 0 Å². The summed E-state index contributed by atoms with van der Waals surface area (Å²) in [6, 6.07) is 9.13. The van der Waals surface area contributed by atoms with Crippen LogP contribution in [0.15, 0.2) is 24.3 Å². The van der Waals surface area contributed by atoms with Crippen LogP contribution in [0.1, 0.15) is 17.2 Å². The molecule has 1 aromatic rings. The number of hydrogen-bond acceptors (Lipinski definition) is 3. The van der Waals surface area contributed by atoms with Crippen LogP contribution in [0.2, 0.25) is 0 Å². The molecule has 0 bridgehead atoms. The zero-order chi connectivity index (χ0) is 9.68. The molecule has 0 fully saturated rings. The van der Waals surface area contributed by atoms with Crippen molar-refractivity contribution in [3.8, 4) is 6.07 Å². The molecule has 0 aliphatic carbocycles. The predicted octanol–water partition coefficient (Wildman–Crippen LogP) is 0.745. The van der Waals surface area contributed by atoms with Gasteiger partial charge in [0.1, 0.15) is 0 Å². The summed E-state index contributed by atoms with van der Waals surface area (Å²) in [6.07, 6.45) is 0.381. The first-order valence-corrected chi connectivity index (χ1v) is 4.10. The van der Waals surface area contributed by atoms with Gasteiger partial charge in [-0.05, 0) is 11.1 Å². The Morgan fingerprint density at radius 3 is 2.92 bits per heavy atom. The normalized spacial score (nSPS) is 12.1. The standard InChI is InChI=1S/C10H12N2O/c11-5-4-8-2-1-3-9(6-8)10(12)7-13/h1-3,6,10,13H,4,7,12H2/t10-/m1/s1. The van der Waals surface area contributed by atoms with E-state index in [1.807, 2.05) is 24.3 Å². The van der Waals surface area contributed by atoms with Gasteiger partial charge >= 0.3 is 0 Å². The fourth-order valence-electron chi connectivity index (χ4n) is 1.13. The van der Waals surface area contributed by atoms with Crippen LogP contribution in [-0.4, -0.2) is 11.7 Å². The van der Waals surface area contributed by atoms with Crippen LogP contribution in [-0.2, 0) is 6.42 Å². The highest BCUT2D eigenvalue weighted by atomic mass is 16.3. The lowest BCUT2D eigenvalue weighted by Crippen LogP contribution is -2.14. The molecule has 3 heteroatoms. The topological polar surface area (TPSA) is 70.0 Å². The highest BCUT2D eigenvalue weighted by Crippen LogP contribution is 2.12. The van der Waals surface area contributed by atoms with Crippen LogP contribution in [0.25, 0.3) is 0 Å². The van der Waals surface area contributed by atoms with Crippen molar-refractivity contribution >= 4 is 0 Å². The largest absolute Gasteiger partial charge is 0.394 e. The van der Waals surface area contributed by atoms with E-state index in [-0.39, 0.29) is 12.6 Å². The van der Waals surface area contributed by atoms with Gasteiger partial charge in [-0.1, -0.05) is 24.3 Å². The minimum Gasteiger partial charge on any atom is -0.394 e. The first-order valence-electron chi connectivity index (χ1n) is 4.10. The Morgan fingerprint density at radius 1 is 1.54 bits per heavy atom. The summed E-state index contributed by atoms with van der Waals surface area (Å²) in [5.74, 6) is 0. The maximum absolute atomic E-state index is 8.82. The molecule has 3 N–H and O–H groups in total. The maximum Gasteiger partial charge on any atom is 0.0669 e. The molecule has 0 amide bonds. The molecule has 0 aliphatic heterocycles. The summed E-state index contributed by atoms with van der Waals surface area (Å²) in [5, 5.41) is 17.3. The van der Waals surface area contributed by atoms with Gasteiger partial charge in [-0.2, -0.15) is 5.26 Å². The lowest BCUT2D eigenvalue weighted by Gasteiger charge is -2.08. The SMILES string of the molecule is N#CCc1cccc([C@H](N)CO)c1. The van der Waals surface area contributed by atoms with E-state index in [2.05, 4.69) is 6.07 Å². The molecular formula is C10H12N2O. The molecule has 1 rings (SSSR count). The quantitative estimate of drug-likeness (QED) is 0.713. The fourth-order valence-corrected chi connectivity index (χ4v) is 1.13. The molecule has 0 aliphatic rings. The van der Waals surface area contributed by atoms with Crippen molar-refractivity contribution < 1.29 is 5.11 Å². The highest BCUT2D eigenvalue weighted by Gasteiger charge is 2.03. The zero-order valence-corrected chi connectivity index (χ0v) is 7.27. The van der Waals surface area contributed by atoms with Crippen molar-refractivity contribution in [3.63, 3.8) is 0 Å². The third kappa shape index (κ3) is 2.55. The second kappa shape index (κ2) is 4.61. The first kappa shape index (κ1) is 9.72. The summed E-state index contributed by atoms with van der Waals surface area (Å²) in [6.45, 7) is -0.0734. The van der Waals surface area contributed by atoms with Gasteiger partial charge < -0.3 is 10.8 Å². The molecule has 1 atom stereocenters. The van der Waals surface area contributed by atoms with E-state index in [1.54, 1.807) is 0 Å². The Labute approximate surface area is 77.4 Å². The minimum atomic E-state index is -0.348. The van der Waals surface area contributed by atoms with Gasteiger partial charge in [0.05, 0.1) is 25.1 Å².